The predicted molar refractivity (Wildman–Crippen MR) is 89.6 cm³/mol. The molecule has 2 heterocycles. The number of hydrogen-bond donors (Lipinski definition) is 0. The number of carbonyl (C=O) groups is 1. The molecule has 0 aromatic heterocycles. The molecule has 2 aliphatic rings. The molecule has 1 unspecified atom stereocenters. The highest BCUT2D eigenvalue weighted by atomic mass is 16.2. The second kappa shape index (κ2) is 7.28. The summed E-state index contributed by atoms with van der Waals surface area (Å²) < 4.78 is 0. The lowest BCUT2D eigenvalue weighted by Gasteiger charge is -2.36. The first kappa shape index (κ1) is 15.5. The van der Waals surface area contributed by atoms with Gasteiger partial charge in [0.2, 0.25) is 5.91 Å². The van der Waals surface area contributed by atoms with Crippen molar-refractivity contribution >= 4 is 5.91 Å². The summed E-state index contributed by atoms with van der Waals surface area (Å²) in [6, 6.07) is 8.78. The average molecular weight is 300 g/mol. The molecule has 0 saturated carbocycles. The number of likely N-dealkylation sites (tertiary alicyclic amines) is 2. The van der Waals surface area contributed by atoms with Crippen LogP contribution < -0.4 is 0 Å². The normalized spacial score (nSPS) is 23.5. The fourth-order valence-electron chi connectivity index (χ4n) is 3.72. The summed E-state index contributed by atoms with van der Waals surface area (Å²) in [6.07, 6.45) is 5.88. The van der Waals surface area contributed by atoms with Gasteiger partial charge in [0.25, 0.3) is 0 Å². The van der Waals surface area contributed by atoms with Crippen LogP contribution in [0.5, 0.6) is 0 Å². The zero-order chi connectivity index (χ0) is 15.4. The van der Waals surface area contributed by atoms with E-state index in [-0.39, 0.29) is 5.92 Å². The Labute approximate surface area is 134 Å². The molecule has 2 fully saturated rings. The highest BCUT2D eigenvalue weighted by molar-refractivity contribution is 5.79. The van der Waals surface area contributed by atoms with Gasteiger partial charge in [0, 0.05) is 26.2 Å². The minimum atomic E-state index is 0.220. The number of rotatable bonds is 3. The summed E-state index contributed by atoms with van der Waals surface area (Å²) in [5, 5.41) is 0. The predicted octanol–water partition coefficient (Wildman–Crippen LogP) is 3.22. The fourth-order valence-corrected chi connectivity index (χ4v) is 3.72. The molecule has 1 amide bonds. The lowest BCUT2D eigenvalue weighted by Crippen LogP contribution is -2.46. The molecule has 3 heteroatoms. The van der Waals surface area contributed by atoms with E-state index in [9.17, 15) is 4.79 Å². The molecular weight excluding hydrogens is 272 g/mol. The van der Waals surface area contributed by atoms with Crippen molar-refractivity contribution in [1.82, 2.24) is 9.80 Å². The van der Waals surface area contributed by atoms with Gasteiger partial charge in [0.15, 0.2) is 0 Å². The zero-order valence-corrected chi connectivity index (χ0v) is 13.8. The van der Waals surface area contributed by atoms with Gasteiger partial charge in [-0.3, -0.25) is 9.69 Å². The molecule has 0 aliphatic carbocycles. The van der Waals surface area contributed by atoms with E-state index in [0.717, 1.165) is 45.6 Å². The van der Waals surface area contributed by atoms with Gasteiger partial charge in [-0.05, 0) is 51.1 Å². The van der Waals surface area contributed by atoms with Crippen molar-refractivity contribution in [3.05, 3.63) is 35.4 Å². The molecule has 0 spiro atoms. The third-order valence-electron chi connectivity index (χ3n) is 5.05. The lowest BCUT2D eigenvalue weighted by molar-refractivity contribution is -0.138. The first-order valence-corrected chi connectivity index (χ1v) is 8.79. The molecule has 1 aromatic carbocycles. The van der Waals surface area contributed by atoms with Crippen LogP contribution >= 0.6 is 0 Å². The highest BCUT2D eigenvalue weighted by Crippen LogP contribution is 2.22. The van der Waals surface area contributed by atoms with Crippen molar-refractivity contribution in [3.63, 3.8) is 0 Å². The van der Waals surface area contributed by atoms with Crippen LogP contribution in [-0.4, -0.2) is 41.9 Å². The van der Waals surface area contributed by atoms with Crippen LogP contribution in [-0.2, 0) is 11.3 Å². The van der Waals surface area contributed by atoms with E-state index in [1.807, 2.05) is 0 Å². The molecule has 2 aliphatic heterocycles. The molecule has 1 atom stereocenters. The second-order valence-electron chi connectivity index (χ2n) is 6.95. The van der Waals surface area contributed by atoms with Gasteiger partial charge < -0.3 is 4.90 Å². The molecule has 120 valence electrons. The summed E-state index contributed by atoms with van der Waals surface area (Å²) in [4.78, 5) is 17.3. The van der Waals surface area contributed by atoms with E-state index in [4.69, 9.17) is 0 Å². The number of amides is 1. The lowest BCUT2D eigenvalue weighted by atomic mass is 9.95. The third kappa shape index (κ3) is 3.89. The van der Waals surface area contributed by atoms with Gasteiger partial charge in [0.05, 0.1) is 5.92 Å². The number of nitrogens with zero attached hydrogens (tertiary/aromatic N) is 2. The largest absolute Gasteiger partial charge is 0.342 e. The topological polar surface area (TPSA) is 23.6 Å². The molecular formula is C19H28N2O. The minimum Gasteiger partial charge on any atom is -0.342 e. The van der Waals surface area contributed by atoms with Gasteiger partial charge in [-0.1, -0.05) is 29.8 Å². The zero-order valence-electron chi connectivity index (χ0n) is 13.8. The van der Waals surface area contributed by atoms with Gasteiger partial charge in [-0.15, -0.1) is 0 Å². The number of benzene rings is 1. The van der Waals surface area contributed by atoms with Gasteiger partial charge in [-0.2, -0.15) is 0 Å². The van der Waals surface area contributed by atoms with Crippen LogP contribution in [0.3, 0.4) is 0 Å². The van der Waals surface area contributed by atoms with E-state index >= 15 is 0 Å². The molecule has 3 rings (SSSR count). The first-order chi connectivity index (χ1) is 10.7. The Hall–Kier alpha value is -1.35. The third-order valence-corrected chi connectivity index (χ3v) is 5.05. The quantitative estimate of drug-likeness (QED) is 0.856. The van der Waals surface area contributed by atoms with Crippen LogP contribution in [0, 0.1) is 12.8 Å². The van der Waals surface area contributed by atoms with Crippen LogP contribution in [0.2, 0.25) is 0 Å². The van der Waals surface area contributed by atoms with Crippen molar-refractivity contribution in [1.29, 1.82) is 0 Å². The van der Waals surface area contributed by atoms with E-state index in [1.54, 1.807) is 0 Å². The summed E-state index contributed by atoms with van der Waals surface area (Å²) >= 11 is 0. The fraction of sp³-hybridized carbons (Fsp3) is 0.632. The van der Waals surface area contributed by atoms with Crippen molar-refractivity contribution in [2.75, 3.05) is 26.2 Å². The van der Waals surface area contributed by atoms with Gasteiger partial charge in [0.1, 0.15) is 0 Å². The monoisotopic (exact) mass is 300 g/mol. The number of aryl methyl sites for hydroxylation is 1. The van der Waals surface area contributed by atoms with Crippen LogP contribution in [0.4, 0.5) is 0 Å². The van der Waals surface area contributed by atoms with Gasteiger partial charge >= 0.3 is 0 Å². The van der Waals surface area contributed by atoms with Crippen molar-refractivity contribution in [2.24, 2.45) is 5.92 Å². The molecule has 22 heavy (non-hydrogen) atoms. The maximum Gasteiger partial charge on any atom is 0.226 e. The molecule has 0 bridgehead atoms. The van der Waals surface area contributed by atoms with Crippen molar-refractivity contribution in [2.45, 2.75) is 45.6 Å². The Kier molecular flexibility index (Phi) is 5.14. The summed E-state index contributed by atoms with van der Waals surface area (Å²) in [5.74, 6) is 0.630. The SMILES string of the molecule is Cc1ccc(CN2CCCC(C(=O)N3CCCCC3)C2)cc1. The van der Waals surface area contributed by atoms with Crippen molar-refractivity contribution in [3.8, 4) is 0 Å². The standard InChI is InChI=1S/C19H28N2O/c1-16-7-9-17(10-8-16)14-20-11-5-6-18(15-20)19(22)21-12-3-2-4-13-21/h7-10,18H,2-6,11-15H2,1H3. The molecule has 0 radical (unpaired) electrons. The maximum absolute atomic E-state index is 12.7. The van der Waals surface area contributed by atoms with E-state index in [2.05, 4.69) is 41.0 Å². The Morgan fingerprint density at radius 2 is 1.77 bits per heavy atom. The van der Waals surface area contributed by atoms with Gasteiger partial charge in [-0.25, -0.2) is 0 Å². The Balaban J connectivity index is 1.56. The van der Waals surface area contributed by atoms with E-state index in [0.29, 0.717) is 5.91 Å². The molecule has 2 saturated heterocycles. The summed E-state index contributed by atoms with van der Waals surface area (Å²) in [5.41, 5.74) is 2.66. The maximum atomic E-state index is 12.7. The van der Waals surface area contributed by atoms with E-state index < -0.39 is 0 Å². The Morgan fingerprint density at radius 1 is 1.05 bits per heavy atom. The van der Waals surface area contributed by atoms with Crippen LogP contribution in [0.1, 0.15) is 43.2 Å². The minimum absolute atomic E-state index is 0.220. The van der Waals surface area contributed by atoms with Crippen molar-refractivity contribution < 1.29 is 4.79 Å². The molecule has 1 aromatic rings. The smallest absolute Gasteiger partial charge is 0.226 e. The Morgan fingerprint density at radius 3 is 2.50 bits per heavy atom. The number of carbonyl (C=O) groups excluding carboxylic acids is 1. The number of piperidine rings is 2. The summed E-state index contributed by atoms with van der Waals surface area (Å²) in [6.45, 7) is 7.11. The van der Waals surface area contributed by atoms with Crippen LogP contribution in [0.15, 0.2) is 24.3 Å². The first-order valence-electron chi connectivity index (χ1n) is 8.79. The molecule has 3 nitrogen and oxygen atoms in total. The van der Waals surface area contributed by atoms with Crippen LogP contribution in [0.25, 0.3) is 0 Å². The average Bonchev–Trinajstić information content (AvgIpc) is 2.57. The molecule has 0 N–H and O–H groups in total. The number of hydrogen-bond acceptors (Lipinski definition) is 2. The highest BCUT2D eigenvalue weighted by Gasteiger charge is 2.29. The van der Waals surface area contributed by atoms with E-state index in [1.165, 1.54) is 30.4 Å². The summed E-state index contributed by atoms with van der Waals surface area (Å²) in [7, 11) is 0. The second-order valence-corrected chi connectivity index (χ2v) is 6.95. The Bertz CT molecular complexity index is 491.